The molecule has 0 unspecified atom stereocenters. The highest BCUT2D eigenvalue weighted by molar-refractivity contribution is 5.99. The van der Waals surface area contributed by atoms with E-state index in [1.54, 1.807) is 36.1 Å². The van der Waals surface area contributed by atoms with E-state index in [4.69, 9.17) is 9.84 Å². The summed E-state index contributed by atoms with van der Waals surface area (Å²) in [5.41, 5.74) is 5.09. The standard InChI is InChI=1S/C31H35N5O3/c1-21(2)19-35(31(38)32-25-15-17-26(39-5)18-16-25)20-28(37)33-30-29(24-12-7-6-8-13-24)23(4)34-36(30)27-14-10-9-11-22(27)3/h6-18,21H,19-20H2,1-5H3,(H,32,38)(H,33,37). The Hall–Kier alpha value is -4.59. The van der Waals surface area contributed by atoms with Crippen molar-refractivity contribution in [2.75, 3.05) is 30.8 Å². The number of rotatable bonds is 9. The molecule has 202 valence electrons. The molecule has 8 nitrogen and oxygen atoms in total. The van der Waals surface area contributed by atoms with Crippen LogP contribution in [0.3, 0.4) is 0 Å². The molecule has 0 aliphatic heterocycles. The minimum atomic E-state index is -0.351. The molecular formula is C31H35N5O3. The van der Waals surface area contributed by atoms with Crippen molar-refractivity contribution in [2.24, 2.45) is 5.92 Å². The number of anilines is 2. The molecular weight excluding hydrogens is 490 g/mol. The molecule has 39 heavy (non-hydrogen) atoms. The first-order chi connectivity index (χ1) is 18.8. The second-order valence-corrected chi connectivity index (χ2v) is 9.85. The zero-order valence-electron chi connectivity index (χ0n) is 23.1. The zero-order chi connectivity index (χ0) is 27.9. The smallest absolute Gasteiger partial charge is 0.322 e. The fraction of sp³-hybridized carbons (Fsp3) is 0.258. The lowest BCUT2D eigenvalue weighted by atomic mass is 10.1. The maximum atomic E-state index is 13.5. The fourth-order valence-electron chi connectivity index (χ4n) is 4.45. The molecule has 0 aliphatic carbocycles. The SMILES string of the molecule is COc1ccc(NC(=O)N(CC(=O)Nc2c(-c3ccccc3)c(C)nn2-c2ccccc2C)CC(C)C)cc1. The predicted molar refractivity (Wildman–Crippen MR) is 156 cm³/mol. The number of carbonyl (C=O) groups is 2. The zero-order valence-corrected chi connectivity index (χ0v) is 23.1. The van der Waals surface area contributed by atoms with Crippen LogP contribution in [-0.4, -0.2) is 46.8 Å². The third kappa shape index (κ3) is 6.65. The minimum absolute atomic E-state index is 0.119. The van der Waals surface area contributed by atoms with Gasteiger partial charge in [0, 0.05) is 17.8 Å². The summed E-state index contributed by atoms with van der Waals surface area (Å²) >= 11 is 0. The highest BCUT2D eigenvalue weighted by Crippen LogP contribution is 2.34. The van der Waals surface area contributed by atoms with Crippen molar-refractivity contribution < 1.29 is 14.3 Å². The maximum absolute atomic E-state index is 13.5. The molecule has 2 N–H and O–H groups in total. The van der Waals surface area contributed by atoms with Crippen molar-refractivity contribution in [1.29, 1.82) is 0 Å². The van der Waals surface area contributed by atoms with Crippen molar-refractivity contribution in [1.82, 2.24) is 14.7 Å². The molecule has 3 amide bonds. The highest BCUT2D eigenvalue weighted by Gasteiger charge is 2.24. The monoisotopic (exact) mass is 525 g/mol. The topological polar surface area (TPSA) is 88.5 Å². The Kier molecular flexibility index (Phi) is 8.66. The molecule has 0 aliphatic rings. The van der Waals surface area contributed by atoms with Crippen LogP contribution >= 0.6 is 0 Å². The number of amides is 3. The van der Waals surface area contributed by atoms with Crippen molar-refractivity contribution in [3.63, 3.8) is 0 Å². The molecule has 0 saturated carbocycles. The van der Waals surface area contributed by atoms with E-state index in [0.717, 1.165) is 28.1 Å². The van der Waals surface area contributed by atoms with Gasteiger partial charge < -0.3 is 20.3 Å². The summed E-state index contributed by atoms with van der Waals surface area (Å²) in [7, 11) is 1.59. The number of hydrogen-bond acceptors (Lipinski definition) is 4. The van der Waals surface area contributed by atoms with E-state index >= 15 is 0 Å². The van der Waals surface area contributed by atoms with Crippen molar-refractivity contribution in [2.45, 2.75) is 27.7 Å². The van der Waals surface area contributed by atoms with Crippen LogP contribution in [0.2, 0.25) is 0 Å². The fourth-order valence-corrected chi connectivity index (χ4v) is 4.45. The first kappa shape index (κ1) is 27.4. The molecule has 0 radical (unpaired) electrons. The van der Waals surface area contributed by atoms with Crippen molar-refractivity contribution in [3.05, 3.63) is 90.1 Å². The molecule has 0 spiro atoms. The van der Waals surface area contributed by atoms with E-state index in [1.807, 2.05) is 82.3 Å². The number of nitrogens with zero attached hydrogens (tertiary/aromatic N) is 3. The average Bonchev–Trinajstić information content (AvgIpc) is 3.24. The van der Waals surface area contributed by atoms with Crippen molar-refractivity contribution in [3.8, 4) is 22.6 Å². The number of benzene rings is 3. The number of hydrogen-bond donors (Lipinski definition) is 2. The average molecular weight is 526 g/mol. The van der Waals surface area contributed by atoms with Gasteiger partial charge in [-0.15, -0.1) is 0 Å². The molecule has 0 bridgehead atoms. The number of nitrogens with one attached hydrogen (secondary N) is 2. The number of aryl methyl sites for hydroxylation is 2. The van der Waals surface area contributed by atoms with E-state index in [1.165, 1.54) is 4.90 Å². The quantitative estimate of drug-likeness (QED) is 0.269. The van der Waals surface area contributed by atoms with Gasteiger partial charge >= 0.3 is 6.03 Å². The van der Waals surface area contributed by atoms with Crippen LogP contribution in [0.25, 0.3) is 16.8 Å². The molecule has 8 heteroatoms. The lowest BCUT2D eigenvalue weighted by Crippen LogP contribution is -2.42. The van der Waals surface area contributed by atoms with Gasteiger partial charge in [0.15, 0.2) is 0 Å². The van der Waals surface area contributed by atoms with E-state index in [-0.39, 0.29) is 24.4 Å². The van der Waals surface area contributed by atoms with E-state index in [0.29, 0.717) is 23.8 Å². The van der Waals surface area contributed by atoms with Crippen LogP contribution in [0.4, 0.5) is 16.3 Å². The third-order valence-corrected chi connectivity index (χ3v) is 6.27. The molecule has 1 aromatic heterocycles. The molecule has 0 fully saturated rings. The van der Waals surface area contributed by atoms with Gasteiger partial charge in [0.05, 0.1) is 18.5 Å². The highest BCUT2D eigenvalue weighted by atomic mass is 16.5. The Balaban J connectivity index is 1.63. The van der Waals surface area contributed by atoms with Gasteiger partial charge in [-0.1, -0.05) is 62.4 Å². The lowest BCUT2D eigenvalue weighted by Gasteiger charge is -2.25. The van der Waals surface area contributed by atoms with E-state index in [2.05, 4.69) is 10.6 Å². The molecule has 4 rings (SSSR count). The second kappa shape index (κ2) is 12.3. The number of para-hydroxylation sites is 1. The summed E-state index contributed by atoms with van der Waals surface area (Å²) in [6.45, 7) is 8.25. The van der Waals surface area contributed by atoms with Gasteiger partial charge in [0.1, 0.15) is 18.1 Å². The molecule has 3 aromatic carbocycles. The molecule has 4 aromatic rings. The second-order valence-electron chi connectivity index (χ2n) is 9.85. The molecule has 0 atom stereocenters. The lowest BCUT2D eigenvalue weighted by molar-refractivity contribution is -0.116. The van der Waals surface area contributed by atoms with Crippen LogP contribution in [0.15, 0.2) is 78.9 Å². The Morgan fingerprint density at radius 1 is 0.923 bits per heavy atom. The number of methoxy groups -OCH3 is 1. The minimum Gasteiger partial charge on any atom is -0.497 e. The van der Waals surface area contributed by atoms with E-state index < -0.39 is 0 Å². The summed E-state index contributed by atoms with van der Waals surface area (Å²) < 4.78 is 6.97. The summed E-state index contributed by atoms with van der Waals surface area (Å²) in [5, 5.41) is 10.8. The Labute approximate surface area is 229 Å². The van der Waals surface area contributed by atoms with Crippen LogP contribution in [0, 0.1) is 19.8 Å². The number of carbonyl (C=O) groups excluding carboxylic acids is 2. The normalized spacial score (nSPS) is 10.8. The van der Waals surface area contributed by atoms with Crippen LogP contribution < -0.4 is 15.4 Å². The summed E-state index contributed by atoms with van der Waals surface area (Å²) in [4.78, 5) is 28.2. The number of ether oxygens (including phenoxy) is 1. The first-order valence-electron chi connectivity index (χ1n) is 13.0. The van der Waals surface area contributed by atoms with Gasteiger partial charge in [-0.3, -0.25) is 4.79 Å². The molecule has 0 saturated heterocycles. The van der Waals surface area contributed by atoms with Gasteiger partial charge in [0.25, 0.3) is 0 Å². The molecule has 1 heterocycles. The number of urea groups is 1. The van der Waals surface area contributed by atoms with Gasteiger partial charge in [-0.05, 0) is 61.2 Å². The largest absolute Gasteiger partial charge is 0.497 e. The third-order valence-electron chi connectivity index (χ3n) is 6.27. The number of aromatic nitrogens is 2. The van der Waals surface area contributed by atoms with Gasteiger partial charge in [-0.25, -0.2) is 9.48 Å². The maximum Gasteiger partial charge on any atom is 0.322 e. The Bertz CT molecular complexity index is 1430. The Morgan fingerprint density at radius 3 is 2.23 bits per heavy atom. The van der Waals surface area contributed by atoms with Gasteiger partial charge in [0.2, 0.25) is 5.91 Å². The van der Waals surface area contributed by atoms with Crippen LogP contribution in [0.5, 0.6) is 5.75 Å². The summed E-state index contributed by atoms with van der Waals surface area (Å²) in [5.74, 6) is 1.12. The predicted octanol–water partition coefficient (Wildman–Crippen LogP) is 6.29. The van der Waals surface area contributed by atoms with Crippen molar-refractivity contribution >= 4 is 23.4 Å². The van der Waals surface area contributed by atoms with E-state index in [9.17, 15) is 9.59 Å². The first-order valence-corrected chi connectivity index (χ1v) is 13.0. The Morgan fingerprint density at radius 2 is 1.59 bits per heavy atom. The van der Waals surface area contributed by atoms with Gasteiger partial charge in [-0.2, -0.15) is 5.10 Å². The summed E-state index contributed by atoms with van der Waals surface area (Å²) in [6, 6.07) is 24.5. The van der Waals surface area contributed by atoms with Crippen LogP contribution in [0.1, 0.15) is 25.1 Å². The van der Waals surface area contributed by atoms with Crippen LogP contribution in [-0.2, 0) is 4.79 Å². The summed E-state index contributed by atoms with van der Waals surface area (Å²) in [6.07, 6.45) is 0.